The molecule has 0 aliphatic carbocycles. The normalized spacial score (nSPS) is 10.4. The summed E-state index contributed by atoms with van der Waals surface area (Å²) in [6, 6.07) is 16.0. The number of hydrogen-bond donors (Lipinski definition) is 2. The van der Waals surface area contributed by atoms with Crippen LogP contribution in [0.15, 0.2) is 60.8 Å². The monoisotopic (exact) mass is 349 g/mol. The first-order chi connectivity index (χ1) is 12.5. The molecule has 4 nitrogen and oxygen atoms in total. The van der Waals surface area contributed by atoms with E-state index in [0.717, 1.165) is 22.5 Å². The Bertz CT molecular complexity index is 920. The predicted molar refractivity (Wildman–Crippen MR) is 101 cm³/mol. The van der Waals surface area contributed by atoms with Crippen molar-refractivity contribution in [1.29, 1.82) is 0 Å². The largest absolute Gasteiger partial charge is 0.355 e. The molecule has 3 rings (SSSR count). The maximum atomic E-state index is 13.6. The number of hydrogen-bond acceptors (Lipinski definition) is 3. The second kappa shape index (κ2) is 7.78. The molecule has 0 radical (unpaired) electrons. The van der Waals surface area contributed by atoms with Crippen molar-refractivity contribution in [3.63, 3.8) is 0 Å². The number of nitrogens with one attached hydrogen (secondary N) is 2. The van der Waals surface area contributed by atoms with Crippen LogP contribution >= 0.6 is 0 Å². The highest BCUT2D eigenvalue weighted by Gasteiger charge is 2.09. The molecule has 0 fully saturated rings. The molecule has 5 heteroatoms. The number of anilines is 2. The third-order valence-corrected chi connectivity index (χ3v) is 3.90. The van der Waals surface area contributed by atoms with E-state index in [1.165, 1.54) is 6.07 Å². The Labute approximate surface area is 152 Å². The molecule has 0 spiro atoms. The second-order valence-corrected chi connectivity index (χ2v) is 6.21. The highest BCUT2D eigenvalue weighted by atomic mass is 19.1. The number of rotatable bonds is 5. The van der Waals surface area contributed by atoms with Crippen molar-refractivity contribution in [2.24, 2.45) is 0 Å². The maximum absolute atomic E-state index is 13.6. The van der Waals surface area contributed by atoms with Gasteiger partial charge in [0.25, 0.3) is 5.91 Å². The number of aromatic nitrogens is 1. The van der Waals surface area contributed by atoms with Crippen LogP contribution < -0.4 is 10.6 Å². The van der Waals surface area contributed by atoms with Crippen molar-refractivity contribution in [3.8, 4) is 0 Å². The first-order valence-electron chi connectivity index (χ1n) is 8.34. The maximum Gasteiger partial charge on any atom is 0.270 e. The average molecular weight is 349 g/mol. The highest BCUT2D eigenvalue weighted by molar-refractivity contribution is 5.93. The molecule has 0 aliphatic rings. The molecule has 0 bridgehead atoms. The number of benzene rings is 2. The third kappa shape index (κ3) is 4.45. The van der Waals surface area contributed by atoms with E-state index < -0.39 is 0 Å². The van der Waals surface area contributed by atoms with Crippen LogP contribution in [0.4, 0.5) is 15.8 Å². The minimum Gasteiger partial charge on any atom is -0.355 e. The van der Waals surface area contributed by atoms with Crippen molar-refractivity contribution in [2.45, 2.75) is 20.4 Å². The van der Waals surface area contributed by atoms with Gasteiger partial charge in [-0.2, -0.15) is 0 Å². The minimum atomic E-state index is -0.350. The van der Waals surface area contributed by atoms with Crippen LogP contribution in [-0.2, 0) is 6.54 Å². The standard InChI is InChI=1S/C21H20FN3O/c1-14-9-15(2)11-18(10-14)25-17-7-8-23-20(12-17)21(26)24-13-16-5-3-4-6-19(16)22/h3-12H,13H2,1-2H3,(H,23,25)(H,24,26). The number of pyridine rings is 1. The second-order valence-electron chi connectivity index (χ2n) is 6.21. The SMILES string of the molecule is Cc1cc(C)cc(Nc2ccnc(C(=O)NCc3ccccc3F)c2)c1. The number of halogens is 1. The van der Waals surface area contributed by atoms with Gasteiger partial charge in [0.05, 0.1) is 0 Å². The number of carbonyl (C=O) groups excluding carboxylic acids is 1. The van der Waals surface area contributed by atoms with E-state index in [1.54, 1.807) is 36.5 Å². The van der Waals surface area contributed by atoms with Crippen molar-refractivity contribution in [2.75, 3.05) is 5.32 Å². The molecule has 2 aromatic carbocycles. The Morgan fingerprint density at radius 3 is 2.46 bits per heavy atom. The predicted octanol–water partition coefficient (Wildman–Crippen LogP) is 4.51. The fraction of sp³-hybridized carbons (Fsp3) is 0.143. The summed E-state index contributed by atoms with van der Waals surface area (Å²) in [5.41, 5.74) is 4.74. The summed E-state index contributed by atoms with van der Waals surface area (Å²) in [6.45, 7) is 4.18. The van der Waals surface area contributed by atoms with Crippen molar-refractivity contribution >= 4 is 17.3 Å². The van der Waals surface area contributed by atoms with E-state index in [1.807, 2.05) is 26.0 Å². The Balaban J connectivity index is 1.70. The van der Waals surface area contributed by atoms with E-state index in [-0.39, 0.29) is 24.0 Å². The molecule has 3 aromatic rings. The van der Waals surface area contributed by atoms with Gasteiger partial charge in [-0.1, -0.05) is 24.3 Å². The quantitative estimate of drug-likeness (QED) is 0.712. The van der Waals surface area contributed by atoms with Crippen LogP contribution in [-0.4, -0.2) is 10.9 Å². The third-order valence-electron chi connectivity index (χ3n) is 3.90. The first-order valence-corrected chi connectivity index (χ1v) is 8.34. The summed E-state index contributed by atoms with van der Waals surface area (Å²) in [6.07, 6.45) is 1.57. The van der Waals surface area contributed by atoms with Crippen LogP contribution in [0.2, 0.25) is 0 Å². The zero-order chi connectivity index (χ0) is 18.5. The summed E-state index contributed by atoms with van der Waals surface area (Å²) in [5, 5.41) is 5.98. The molecule has 1 amide bonds. The van der Waals surface area contributed by atoms with Crippen LogP contribution in [0, 0.1) is 19.7 Å². The number of carbonyl (C=O) groups is 1. The van der Waals surface area contributed by atoms with Gasteiger partial charge < -0.3 is 10.6 Å². The molecule has 0 unspecified atom stereocenters. The van der Waals surface area contributed by atoms with E-state index in [4.69, 9.17) is 0 Å². The van der Waals surface area contributed by atoms with Gasteiger partial charge in [-0.3, -0.25) is 9.78 Å². The van der Waals surface area contributed by atoms with E-state index in [2.05, 4.69) is 21.7 Å². The van der Waals surface area contributed by atoms with Gasteiger partial charge in [-0.05, 0) is 55.3 Å². The zero-order valence-electron chi connectivity index (χ0n) is 14.7. The molecule has 0 saturated carbocycles. The van der Waals surface area contributed by atoms with Crippen molar-refractivity contribution < 1.29 is 9.18 Å². The number of amides is 1. The number of nitrogens with zero attached hydrogens (tertiary/aromatic N) is 1. The van der Waals surface area contributed by atoms with Gasteiger partial charge in [-0.25, -0.2) is 4.39 Å². The minimum absolute atomic E-state index is 0.113. The summed E-state index contributed by atoms with van der Waals surface area (Å²) in [4.78, 5) is 16.4. The van der Waals surface area contributed by atoms with Gasteiger partial charge in [0.1, 0.15) is 11.5 Å². The van der Waals surface area contributed by atoms with E-state index in [0.29, 0.717) is 5.56 Å². The zero-order valence-corrected chi connectivity index (χ0v) is 14.7. The lowest BCUT2D eigenvalue weighted by Gasteiger charge is -2.10. The Hall–Kier alpha value is -3.21. The topological polar surface area (TPSA) is 54.0 Å². The van der Waals surface area contributed by atoms with E-state index in [9.17, 15) is 9.18 Å². The van der Waals surface area contributed by atoms with E-state index >= 15 is 0 Å². The molecule has 0 atom stereocenters. The van der Waals surface area contributed by atoms with Crippen LogP contribution in [0.25, 0.3) is 0 Å². The fourth-order valence-corrected chi connectivity index (χ4v) is 2.75. The first kappa shape index (κ1) is 17.6. The van der Waals surface area contributed by atoms with Gasteiger partial charge in [0.15, 0.2) is 0 Å². The lowest BCUT2D eigenvalue weighted by Crippen LogP contribution is -2.24. The van der Waals surface area contributed by atoms with Crippen LogP contribution in [0.3, 0.4) is 0 Å². The van der Waals surface area contributed by atoms with Crippen LogP contribution in [0.1, 0.15) is 27.2 Å². The summed E-state index contributed by atoms with van der Waals surface area (Å²) in [5.74, 6) is -0.691. The summed E-state index contributed by atoms with van der Waals surface area (Å²) >= 11 is 0. The fourth-order valence-electron chi connectivity index (χ4n) is 2.75. The molecule has 0 saturated heterocycles. The Morgan fingerprint density at radius 1 is 1.00 bits per heavy atom. The Kier molecular flexibility index (Phi) is 5.27. The average Bonchev–Trinajstić information content (AvgIpc) is 2.60. The highest BCUT2D eigenvalue weighted by Crippen LogP contribution is 2.20. The Morgan fingerprint density at radius 2 is 1.73 bits per heavy atom. The van der Waals surface area contributed by atoms with Gasteiger partial charge in [0.2, 0.25) is 0 Å². The van der Waals surface area contributed by atoms with Crippen molar-refractivity contribution in [3.05, 3.63) is 89.0 Å². The van der Waals surface area contributed by atoms with Gasteiger partial charge >= 0.3 is 0 Å². The van der Waals surface area contributed by atoms with Gasteiger partial charge in [0, 0.05) is 29.7 Å². The molecule has 26 heavy (non-hydrogen) atoms. The molecule has 0 aliphatic heterocycles. The molecule has 1 aromatic heterocycles. The van der Waals surface area contributed by atoms with Crippen LogP contribution in [0.5, 0.6) is 0 Å². The summed E-state index contributed by atoms with van der Waals surface area (Å²) < 4.78 is 13.6. The molecule has 2 N–H and O–H groups in total. The molecular weight excluding hydrogens is 329 g/mol. The molecular formula is C21H20FN3O. The van der Waals surface area contributed by atoms with Crippen molar-refractivity contribution in [1.82, 2.24) is 10.3 Å². The lowest BCUT2D eigenvalue weighted by molar-refractivity contribution is 0.0945. The molecule has 132 valence electrons. The summed E-state index contributed by atoms with van der Waals surface area (Å²) in [7, 11) is 0. The van der Waals surface area contributed by atoms with Gasteiger partial charge in [-0.15, -0.1) is 0 Å². The lowest BCUT2D eigenvalue weighted by atomic mass is 10.1. The number of aryl methyl sites for hydroxylation is 2. The smallest absolute Gasteiger partial charge is 0.270 e. The molecule has 1 heterocycles.